The minimum Gasteiger partial charge on any atom is -0.356 e. The van der Waals surface area contributed by atoms with Crippen molar-refractivity contribution in [2.24, 2.45) is 16.8 Å². The van der Waals surface area contributed by atoms with Gasteiger partial charge in [0, 0.05) is 26.4 Å². The average Bonchev–Trinajstić information content (AvgIpc) is 3.20. The molecule has 0 radical (unpaired) electrons. The highest BCUT2D eigenvalue weighted by atomic mass is 127. The van der Waals surface area contributed by atoms with E-state index in [1.165, 1.54) is 35.6 Å². The Labute approximate surface area is 194 Å². The highest BCUT2D eigenvalue weighted by Gasteiger charge is 2.54. The summed E-state index contributed by atoms with van der Waals surface area (Å²) in [6.07, 6.45) is 2.33. The Bertz CT molecular complexity index is 1060. The molecular weight excluding hydrogens is 516 g/mol. The van der Waals surface area contributed by atoms with E-state index in [4.69, 9.17) is 0 Å². The molecule has 0 amide bonds. The van der Waals surface area contributed by atoms with Gasteiger partial charge in [-0.1, -0.05) is 30.3 Å². The standard InChI is InChI=1S/C22H26FN3O2S.HI/c1-24-22(25-11-16-9-17(23)8-7-15(16)13-29(2,27)28)26-12-20-19-10-14-5-3-4-6-18(14)21(19)20;/h3-9,19-21H,10-13H2,1-2H3,(H2,24,25,26);1H. The summed E-state index contributed by atoms with van der Waals surface area (Å²) < 4.78 is 37.0. The maximum atomic E-state index is 13.7. The van der Waals surface area contributed by atoms with Crippen molar-refractivity contribution in [1.82, 2.24) is 10.6 Å². The van der Waals surface area contributed by atoms with E-state index in [0.29, 0.717) is 41.4 Å². The van der Waals surface area contributed by atoms with Gasteiger partial charge in [-0.3, -0.25) is 4.99 Å². The molecule has 162 valence electrons. The molecule has 2 aliphatic rings. The Morgan fingerprint density at radius 1 is 1.17 bits per heavy atom. The van der Waals surface area contributed by atoms with E-state index in [0.717, 1.165) is 13.0 Å². The molecule has 5 nitrogen and oxygen atoms in total. The SMILES string of the molecule is CN=C(NCc1cc(F)ccc1CS(C)(=O)=O)NCC1C2Cc3ccccc3C12.I. The van der Waals surface area contributed by atoms with Gasteiger partial charge in [0.15, 0.2) is 15.8 Å². The second-order valence-corrected chi connectivity index (χ2v) is 10.2. The second kappa shape index (κ2) is 9.21. The molecule has 0 aliphatic heterocycles. The monoisotopic (exact) mass is 543 g/mol. The van der Waals surface area contributed by atoms with Gasteiger partial charge < -0.3 is 10.6 Å². The molecule has 0 aromatic heterocycles. The van der Waals surface area contributed by atoms with Gasteiger partial charge in [0.2, 0.25) is 0 Å². The predicted octanol–water partition coefficient (Wildman–Crippen LogP) is 3.24. The topological polar surface area (TPSA) is 70.6 Å². The number of sulfone groups is 1. The minimum atomic E-state index is -3.20. The van der Waals surface area contributed by atoms with Crippen LogP contribution in [0.4, 0.5) is 4.39 Å². The number of fused-ring (bicyclic) bond motifs is 3. The summed E-state index contributed by atoms with van der Waals surface area (Å²) in [5.41, 5.74) is 4.18. The number of hydrogen-bond acceptors (Lipinski definition) is 3. The fourth-order valence-corrected chi connectivity index (χ4v) is 5.41. The summed E-state index contributed by atoms with van der Waals surface area (Å²) in [7, 11) is -1.50. The Balaban J connectivity index is 0.00000256. The molecule has 2 N–H and O–H groups in total. The van der Waals surface area contributed by atoms with Crippen LogP contribution in [0, 0.1) is 17.7 Å². The molecule has 2 aromatic carbocycles. The number of halogens is 2. The van der Waals surface area contributed by atoms with Crippen molar-refractivity contribution in [3.8, 4) is 0 Å². The Morgan fingerprint density at radius 3 is 2.67 bits per heavy atom. The van der Waals surface area contributed by atoms with Crippen LogP contribution in [0.25, 0.3) is 0 Å². The van der Waals surface area contributed by atoms with Gasteiger partial charge >= 0.3 is 0 Å². The summed E-state index contributed by atoms with van der Waals surface area (Å²) in [4.78, 5) is 4.25. The van der Waals surface area contributed by atoms with Crippen LogP contribution < -0.4 is 10.6 Å². The van der Waals surface area contributed by atoms with Crippen molar-refractivity contribution in [1.29, 1.82) is 0 Å². The highest BCUT2D eigenvalue weighted by Crippen LogP contribution is 2.60. The predicted molar refractivity (Wildman–Crippen MR) is 128 cm³/mol. The fourth-order valence-electron chi connectivity index (χ4n) is 4.56. The van der Waals surface area contributed by atoms with E-state index >= 15 is 0 Å². The molecule has 0 bridgehead atoms. The van der Waals surface area contributed by atoms with Crippen LogP contribution in [0.2, 0.25) is 0 Å². The van der Waals surface area contributed by atoms with Crippen LogP contribution in [0.5, 0.6) is 0 Å². The molecule has 8 heteroatoms. The maximum absolute atomic E-state index is 13.7. The van der Waals surface area contributed by atoms with Gasteiger partial charge in [0.1, 0.15) is 5.82 Å². The normalized spacial score (nSPS) is 22.0. The van der Waals surface area contributed by atoms with Crippen LogP contribution in [0.1, 0.15) is 28.2 Å². The zero-order chi connectivity index (χ0) is 20.6. The van der Waals surface area contributed by atoms with Crippen LogP contribution in [0.15, 0.2) is 47.5 Å². The zero-order valence-corrected chi connectivity index (χ0v) is 20.2. The van der Waals surface area contributed by atoms with Crippen LogP contribution in [-0.4, -0.2) is 34.2 Å². The van der Waals surface area contributed by atoms with Crippen molar-refractivity contribution in [3.05, 3.63) is 70.5 Å². The molecule has 0 heterocycles. The molecule has 1 saturated carbocycles. The minimum absolute atomic E-state index is 0. The van der Waals surface area contributed by atoms with E-state index in [1.54, 1.807) is 7.05 Å². The summed E-state index contributed by atoms with van der Waals surface area (Å²) in [5.74, 6) is 2.10. The highest BCUT2D eigenvalue weighted by molar-refractivity contribution is 14.0. The summed E-state index contributed by atoms with van der Waals surface area (Å²) in [5, 5.41) is 6.55. The molecule has 0 saturated heterocycles. The fraction of sp³-hybridized carbons (Fsp3) is 0.409. The third-order valence-electron chi connectivity index (χ3n) is 5.96. The molecule has 1 fully saturated rings. The second-order valence-electron chi connectivity index (χ2n) is 8.05. The van der Waals surface area contributed by atoms with E-state index < -0.39 is 9.84 Å². The number of rotatable bonds is 6. The smallest absolute Gasteiger partial charge is 0.191 e. The molecule has 2 aromatic rings. The average molecular weight is 543 g/mol. The third kappa shape index (κ3) is 5.14. The largest absolute Gasteiger partial charge is 0.356 e. The number of benzene rings is 2. The third-order valence-corrected chi connectivity index (χ3v) is 6.80. The lowest BCUT2D eigenvalue weighted by atomic mass is 10.0. The first-order valence-electron chi connectivity index (χ1n) is 9.83. The van der Waals surface area contributed by atoms with Gasteiger partial charge in [0.25, 0.3) is 0 Å². The summed E-state index contributed by atoms with van der Waals surface area (Å²) in [6, 6.07) is 12.9. The number of nitrogens with one attached hydrogen (secondary N) is 2. The van der Waals surface area contributed by atoms with Gasteiger partial charge in [-0.05, 0) is 58.6 Å². The summed E-state index contributed by atoms with van der Waals surface area (Å²) in [6.45, 7) is 1.14. The summed E-state index contributed by atoms with van der Waals surface area (Å²) >= 11 is 0. The van der Waals surface area contributed by atoms with Crippen molar-refractivity contribution in [2.75, 3.05) is 19.8 Å². The van der Waals surface area contributed by atoms with Gasteiger partial charge in [-0.15, -0.1) is 24.0 Å². The number of hydrogen-bond donors (Lipinski definition) is 2. The van der Waals surface area contributed by atoms with Crippen LogP contribution >= 0.6 is 24.0 Å². The van der Waals surface area contributed by atoms with Crippen LogP contribution in [-0.2, 0) is 28.6 Å². The number of nitrogens with zero attached hydrogens (tertiary/aromatic N) is 1. The molecule has 0 spiro atoms. The lowest BCUT2D eigenvalue weighted by Crippen LogP contribution is -2.38. The van der Waals surface area contributed by atoms with Gasteiger partial charge in [-0.25, -0.2) is 12.8 Å². The van der Waals surface area contributed by atoms with Crippen molar-refractivity contribution in [2.45, 2.75) is 24.6 Å². The zero-order valence-electron chi connectivity index (χ0n) is 17.1. The lowest BCUT2D eigenvalue weighted by molar-refractivity contribution is 0.599. The molecule has 3 unspecified atom stereocenters. The maximum Gasteiger partial charge on any atom is 0.191 e. The first kappa shape index (κ1) is 23.0. The molecule has 30 heavy (non-hydrogen) atoms. The van der Waals surface area contributed by atoms with E-state index in [-0.39, 0.29) is 35.5 Å². The molecular formula is C22H27FIN3O2S. The lowest BCUT2D eigenvalue weighted by Gasteiger charge is -2.15. The van der Waals surface area contributed by atoms with Crippen molar-refractivity contribution < 1.29 is 12.8 Å². The molecule has 3 atom stereocenters. The first-order valence-corrected chi connectivity index (χ1v) is 11.9. The Kier molecular flexibility index (Phi) is 7.06. The molecule has 4 rings (SSSR count). The van der Waals surface area contributed by atoms with Crippen molar-refractivity contribution in [3.63, 3.8) is 0 Å². The van der Waals surface area contributed by atoms with E-state index in [1.807, 2.05) is 0 Å². The first-order chi connectivity index (χ1) is 13.9. The van der Waals surface area contributed by atoms with Gasteiger partial charge in [0.05, 0.1) is 5.75 Å². The van der Waals surface area contributed by atoms with Crippen LogP contribution in [0.3, 0.4) is 0 Å². The number of guanidine groups is 1. The Hall–Kier alpha value is -1.68. The molecule has 2 aliphatic carbocycles. The van der Waals surface area contributed by atoms with Gasteiger partial charge in [-0.2, -0.15) is 0 Å². The number of aliphatic imine (C=N–C) groups is 1. The Morgan fingerprint density at radius 2 is 1.93 bits per heavy atom. The van der Waals surface area contributed by atoms with E-state index in [2.05, 4.69) is 39.9 Å². The van der Waals surface area contributed by atoms with E-state index in [9.17, 15) is 12.8 Å². The van der Waals surface area contributed by atoms with Crippen molar-refractivity contribution >= 4 is 39.8 Å². The quantitative estimate of drug-likeness (QED) is 0.334.